The highest BCUT2D eigenvalue weighted by Gasteiger charge is 2.49. The fourth-order valence-electron chi connectivity index (χ4n) is 1.17. The van der Waals surface area contributed by atoms with Crippen molar-refractivity contribution < 1.29 is 25.9 Å². The van der Waals surface area contributed by atoms with Gasteiger partial charge in [-0.05, 0) is 24.8 Å². The largest absolute Gasteiger partial charge is 0.536 e. The summed E-state index contributed by atoms with van der Waals surface area (Å²) in [6, 6.07) is 1.49. The molecule has 0 aliphatic heterocycles. The van der Waals surface area contributed by atoms with Crippen LogP contribution in [0.1, 0.15) is 19.3 Å². The lowest BCUT2D eigenvalue weighted by molar-refractivity contribution is -0.0540. The number of oxime groups is 1. The average Bonchev–Trinajstić information content (AvgIpc) is 2.70. The minimum atomic E-state index is -5.80. The monoisotopic (exact) mass is 268 g/mol. The van der Waals surface area contributed by atoms with Crippen LogP contribution < -0.4 is 0 Å². The molecule has 5 nitrogen and oxygen atoms in total. The second-order valence-corrected chi connectivity index (χ2v) is 4.67. The predicted octanol–water partition coefficient (Wildman–Crippen LogP) is 1.84. The number of hydrogen-bond acceptors (Lipinski definition) is 5. The van der Waals surface area contributed by atoms with Crippen molar-refractivity contribution in [2.24, 2.45) is 5.16 Å². The lowest BCUT2D eigenvalue weighted by Gasteiger charge is -2.04. The third kappa shape index (κ3) is 3.20. The van der Waals surface area contributed by atoms with Gasteiger partial charge < -0.3 is 0 Å². The Morgan fingerprint density at radius 1 is 1.53 bits per heavy atom. The molecule has 0 atom stereocenters. The first kappa shape index (κ1) is 13.5. The smallest absolute Gasteiger partial charge is 0.260 e. The van der Waals surface area contributed by atoms with E-state index in [2.05, 4.69) is 9.44 Å². The van der Waals surface area contributed by atoms with Crippen LogP contribution in [0.3, 0.4) is 0 Å². The summed E-state index contributed by atoms with van der Waals surface area (Å²) in [5.74, 6) is 0. The van der Waals surface area contributed by atoms with Crippen molar-refractivity contribution in [1.82, 2.24) is 0 Å². The molecule has 0 unspecified atom stereocenters. The van der Waals surface area contributed by atoms with Crippen LogP contribution in [-0.2, 0) is 14.4 Å². The van der Waals surface area contributed by atoms with Crippen LogP contribution in [0, 0.1) is 11.3 Å². The summed E-state index contributed by atoms with van der Waals surface area (Å²) in [6.45, 7) is 0. The number of rotatable bonds is 3. The van der Waals surface area contributed by atoms with E-state index in [1.165, 1.54) is 6.07 Å². The molecule has 17 heavy (non-hydrogen) atoms. The molecule has 1 aliphatic rings. The van der Waals surface area contributed by atoms with E-state index in [1.54, 1.807) is 6.08 Å². The van der Waals surface area contributed by atoms with Crippen LogP contribution in [0.15, 0.2) is 16.8 Å². The summed E-state index contributed by atoms with van der Waals surface area (Å²) in [7, 11) is -5.80. The van der Waals surface area contributed by atoms with Gasteiger partial charge in [-0.15, -0.1) is 0 Å². The molecule has 0 fully saturated rings. The highest BCUT2D eigenvalue weighted by atomic mass is 32.2. The quantitative estimate of drug-likeness (QED) is 0.444. The van der Waals surface area contributed by atoms with Crippen LogP contribution in [0.2, 0.25) is 0 Å². The zero-order valence-corrected chi connectivity index (χ0v) is 9.18. The number of allylic oxidation sites excluding steroid dienone is 2. The number of hydrogen-bond donors (Lipinski definition) is 0. The van der Waals surface area contributed by atoms with Crippen LogP contribution >= 0.6 is 0 Å². The van der Waals surface area contributed by atoms with E-state index in [1.807, 2.05) is 0 Å². The third-order valence-corrected chi connectivity index (χ3v) is 2.80. The van der Waals surface area contributed by atoms with Gasteiger partial charge in [-0.25, -0.2) is 0 Å². The van der Waals surface area contributed by atoms with Crippen LogP contribution in [0.5, 0.6) is 0 Å². The van der Waals surface area contributed by atoms with Gasteiger partial charge in [0.15, 0.2) is 5.71 Å². The van der Waals surface area contributed by atoms with Crippen molar-refractivity contribution in [3.8, 4) is 6.07 Å². The van der Waals surface area contributed by atoms with Gasteiger partial charge in [-0.1, -0.05) is 11.2 Å². The maximum atomic E-state index is 11.9. The van der Waals surface area contributed by atoms with E-state index >= 15 is 0 Å². The van der Waals surface area contributed by atoms with Crippen molar-refractivity contribution >= 4 is 15.8 Å². The first-order valence-electron chi connectivity index (χ1n) is 4.45. The van der Waals surface area contributed by atoms with E-state index < -0.39 is 21.3 Å². The molecule has 0 bridgehead atoms. The number of alkyl halides is 3. The zero-order chi connectivity index (χ0) is 13.1. The molecule has 0 radical (unpaired) electrons. The van der Waals surface area contributed by atoms with Gasteiger partial charge >= 0.3 is 15.6 Å². The molecule has 0 aromatic carbocycles. The maximum Gasteiger partial charge on any atom is 0.536 e. The molecular formula is C8H7F3N2O3S. The van der Waals surface area contributed by atoms with Crippen molar-refractivity contribution in [2.75, 3.05) is 0 Å². The van der Waals surface area contributed by atoms with Gasteiger partial charge in [-0.3, -0.25) is 4.28 Å². The lowest BCUT2D eigenvalue weighted by Crippen LogP contribution is -2.24. The van der Waals surface area contributed by atoms with Crippen LogP contribution in [-0.4, -0.2) is 19.6 Å². The molecule has 1 rings (SSSR count). The first-order chi connectivity index (χ1) is 7.78. The molecule has 0 saturated carbocycles. The molecule has 0 aromatic rings. The molecular weight excluding hydrogens is 261 g/mol. The zero-order valence-electron chi connectivity index (χ0n) is 8.36. The number of nitriles is 1. The second kappa shape index (κ2) is 4.75. The number of nitrogens with zero attached hydrogens (tertiary/aromatic N) is 2. The molecule has 1 aliphatic carbocycles. The minimum absolute atomic E-state index is 0.393. The highest BCUT2D eigenvalue weighted by molar-refractivity contribution is 7.87. The maximum absolute atomic E-state index is 11.9. The summed E-state index contributed by atoms with van der Waals surface area (Å²) in [6.07, 6.45) is 3.47. The average molecular weight is 268 g/mol. The van der Waals surface area contributed by atoms with Gasteiger partial charge in [0.25, 0.3) is 0 Å². The summed E-state index contributed by atoms with van der Waals surface area (Å²) in [4.78, 5) is 0. The summed E-state index contributed by atoms with van der Waals surface area (Å²) in [5.41, 5.74) is -5.61. The number of halogens is 3. The Morgan fingerprint density at radius 2 is 2.18 bits per heavy atom. The Morgan fingerprint density at radius 3 is 2.59 bits per heavy atom. The van der Waals surface area contributed by atoms with Crippen LogP contribution in [0.25, 0.3) is 0 Å². The highest BCUT2D eigenvalue weighted by Crippen LogP contribution is 2.25. The Kier molecular flexibility index (Phi) is 3.77. The molecule has 0 N–H and O–H groups in total. The van der Waals surface area contributed by atoms with Gasteiger partial charge in [-0.2, -0.15) is 26.9 Å². The first-order valence-corrected chi connectivity index (χ1v) is 5.86. The van der Waals surface area contributed by atoms with E-state index in [0.29, 0.717) is 18.4 Å². The predicted molar refractivity (Wildman–Crippen MR) is 51.0 cm³/mol. The summed E-state index contributed by atoms with van der Waals surface area (Å²) < 4.78 is 60.1. The Labute approximate surface area is 95.3 Å². The van der Waals surface area contributed by atoms with Gasteiger partial charge in [0.05, 0.1) is 0 Å². The lowest BCUT2D eigenvalue weighted by atomic mass is 10.1. The van der Waals surface area contributed by atoms with E-state index in [0.717, 1.165) is 6.42 Å². The van der Waals surface area contributed by atoms with Crippen LogP contribution in [0.4, 0.5) is 13.2 Å². The van der Waals surface area contributed by atoms with Gasteiger partial charge in [0.2, 0.25) is 0 Å². The Balaban J connectivity index is 2.87. The van der Waals surface area contributed by atoms with Crippen molar-refractivity contribution in [3.05, 3.63) is 11.6 Å². The third-order valence-electron chi connectivity index (χ3n) is 1.96. The van der Waals surface area contributed by atoms with Gasteiger partial charge in [0, 0.05) is 0 Å². The minimum Gasteiger partial charge on any atom is -0.260 e. The molecule has 0 aromatic heterocycles. The molecule has 94 valence electrons. The Bertz CT molecular complexity index is 499. The normalized spacial score (nSPS) is 17.5. The van der Waals surface area contributed by atoms with Crippen molar-refractivity contribution in [2.45, 2.75) is 24.8 Å². The molecule has 0 saturated heterocycles. The standard InChI is InChI=1S/C8H7F3N2O3S/c9-8(10,11)17(14,15)16-13-7(5-12)6-3-1-2-4-6/h3H,1-2,4H2/b13-7+. The van der Waals surface area contributed by atoms with E-state index in [9.17, 15) is 21.6 Å². The fraction of sp³-hybridized carbons (Fsp3) is 0.500. The fourth-order valence-corrected chi connectivity index (χ4v) is 1.42. The Hall–Kier alpha value is -1.56. The second-order valence-electron chi connectivity index (χ2n) is 3.15. The van der Waals surface area contributed by atoms with Crippen molar-refractivity contribution in [1.29, 1.82) is 5.26 Å². The topological polar surface area (TPSA) is 79.5 Å². The summed E-state index contributed by atoms with van der Waals surface area (Å²) >= 11 is 0. The molecule has 0 heterocycles. The summed E-state index contributed by atoms with van der Waals surface area (Å²) in [5, 5.41) is 11.4. The van der Waals surface area contributed by atoms with Crippen molar-refractivity contribution in [3.63, 3.8) is 0 Å². The van der Waals surface area contributed by atoms with E-state index in [-0.39, 0.29) is 0 Å². The molecule has 0 spiro atoms. The van der Waals surface area contributed by atoms with Gasteiger partial charge in [0.1, 0.15) is 6.07 Å². The SMILES string of the molecule is N#C/C(=N\OS(=O)(=O)C(F)(F)F)C1=CCCC1. The van der Waals surface area contributed by atoms with E-state index in [4.69, 9.17) is 5.26 Å². The molecule has 9 heteroatoms. The molecule has 0 amide bonds.